The summed E-state index contributed by atoms with van der Waals surface area (Å²) in [5, 5.41) is 10.5. The number of rotatable bonds is 3. The second-order valence-electron chi connectivity index (χ2n) is 3.70. The van der Waals surface area contributed by atoms with Gasteiger partial charge in [0.2, 0.25) is 0 Å². The van der Waals surface area contributed by atoms with Crippen molar-refractivity contribution >= 4 is 5.69 Å². The first-order chi connectivity index (χ1) is 7.75. The van der Waals surface area contributed by atoms with Gasteiger partial charge in [0.05, 0.1) is 30.8 Å². The molecule has 1 fully saturated rings. The van der Waals surface area contributed by atoms with Gasteiger partial charge in [-0.05, 0) is 5.56 Å². The Morgan fingerprint density at radius 2 is 2.06 bits per heavy atom. The van der Waals surface area contributed by atoms with Crippen LogP contribution in [0.15, 0.2) is 24.3 Å². The largest absolute Gasteiger partial charge is 0.376 e. The van der Waals surface area contributed by atoms with E-state index in [2.05, 4.69) is 0 Å². The Morgan fingerprint density at radius 3 is 2.62 bits per heavy atom. The van der Waals surface area contributed by atoms with Crippen LogP contribution in [0.2, 0.25) is 0 Å². The van der Waals surface area contributed by atoms with Gasteiger partial charge in [0.15, 0.2) is 0 Å². The van der Waals surface area contributed by atoms with Crippen LogP contribution in [-0.4, -0.2) is 30.8 Å². The van der Waals surface area contributed by atoms with Gasteiger partial charge < -0.3 is 9.47 Å². The lowest BCUT2D eigenvalue weighted by molar-refractivity contribution is -0.384. The van der Waals surface area contributed by atoms with Gasteiger partial charge in [-0.3, -0.25) is 10.1 Å². The molecule has 16 heavy (non-hydrogen) atoms. The van der Waals surface area contributed by atoms with E-state index >= 15 is 0 Å². The van der Waals surface area contributed by atoms with Crippen LogP contribution in [-0.2, 0) is 15.9 Å². The molecule has 0 amide bonds. The molecule has 0 spiro atoms. The first-order valence-electron chi connectivity index (χ1n) is 5.18. The number of nitro benzene ring substituents is 1. The van der Waals surface area contributed by atoms with Gasteiger partial charge >= 0.3 is 0 Å². The molecule has 5 nitrogen and oxygen atoms in total. The van der Waals surface area contributed by atoms with Crippen molar-refractivity contribution in [2.45, 2.75) is 12.5 Å². The predicted molar refractivity (Wildman–Crippen MR) is 57.4 cm³/mol. The molecule has 0 aromatic heterocycles. The molecular weight excluding hydrogens is 210 g/mol. The quantitative estimate of drug-likeness (QED) is 0.576. The van der Waals surface area contributed by atoms with Crippen LogP contribution in [0.3, 0.4) is 0 Å². The first-order valence-corrected chi connectivity index (χ1v) is 5.18. The highest BCUT2D eigenvalue weighted by atomic mass is 16.6. The molecule has 2 rings (SSSR count). The summed E-state index contributed by atoms with van der Waals surface area (Å²) in [6.45, 7) is 1.87. The molecule has 0 bridgehead atoms. The third-order valence-electron chi connectivity index (χ3n) is 2.50. The number of hydrogen-bond donors (Lipinski definition) is 0. The lowest BCUT2D eigenvalue weighted by Gasteiger charge is -2.22. The van der Waals surface area contributed by atoms with Crippen LogP contribution in [0, 0.1) is 10.1 Å². The van der Waals surface area contributed by atoms with E-state index in [1.165, 1.54) is 12.1 Å². The highest BCUT2D eigenvalue weighted by Crippen LogP contribution is 2.15. The van der Waals surface area contributed by atoms with Crippen LogP contribution >= 0.6 is 0 Å². The third kappa shape index (κ3) is 2.77. The highest BCUT2D eigenvalue weighted by Gasteiger charge is 2.15. The Kier molecular flexibility index (Phi) is 3.48. The maximum Gasteiger partial charge on any atom is 0.269 e. The van der Waals surface area contributed by atoms with Crippen LogP contribution in [0.1, 0.15) is 5.56 Å². The molecule has 0 aliphatic carbocycles. The second-order valence-corrected chi connectivity index (χ2v) is 3.70. The van der Waals surface area contributed by atoms with Crippen LogP contribution in [0.4, 0.5) is 5.69 Å². The minimum atomic E-state index is -0.399. The van der Waals surface area contributed by atoms with E-state index in [-0.39, 0.29) is 11.8 Å². The number of benzene rings is 1. The summed E-state index contributed by atoms with van der Waals surface area (Å²) >= 11 is 0. The number of nitrogens with zero attached hydrogens (tertiary/aromatic N) is 1. The molecule has 1 heterocycles. The third-order valence-corrected chi connectivity index (χ3v) is 2.50. The van der Waals surface area contributed by atoms with Crippen molar-refractivity contribution in [2.24, 2.45) is 0 Å². The summed E-state index contributed by atoms with van der Waals surface area (Å²) in [5.41, 5.74) is 1.14. The zero-order valence-corrected chi connectivity index (χ0v) is 8.80. The second kappa shape index (κ2) is 5.05. The van der Waals surface area contributed by atoms with Crippen molar-refractivity contribution in [3.8, 4) is 0 Å². The van der Waals surface area contributed by atoms with E-state index in [0.717, 1.165) is 12.0 Å². The number of nitro groups is 1. The van der Waals surface area contributed by atoms with Crippen molar-refractivity contribution < 1.29 is 14.4 Å². The van der Waals surface area contributed by atoms with E-state index in [1.54, 1.807) is 12.1 Å². The number of non-ortho nitro benzene ring substituents is 1. The standard InChI is InChI=1S/C11H13NO4/c13-12(14)10-3-1-9(2-4-10)7-11-8-15-5-6-16-11/h1-4,11H,5-8H2. The number of hydrogen-bond acceptors (Lipinski definition) is 4. The molecule has 1 atom stereocenters. The van der Waals surface area contributed by atoms with E-state index in [0.29, 0.717) is 19.8 Å². The van der Waals surface area contributed by atoms with Gasteiger partial charge in [0, 0.05) is 18.6 Å². The Hall–Kier alpha value is -1.46. The maximum absolute atomic E-state index is 10.5. The minimum Gasteiger partial charge on any atom is -0.376 e. The summed E-state index contributed by atoms with van der Waals surface area (Å²) in [6.07, 6.45) is 0.799. The molecule has 86 valence electrons. The van der Waals surface area contributed by atoms with E-state index in [1.807, 2.05) is 0 Å². The van der Waals surface area contributed by atoms with Gasteiger partial charge in [-0.2, -0.15) is 0 Å². The Morgan fingerprint density at radius 1 is 1.31 bits per heavy atom. The zero-order chi connectivity index (χ0) is 11.4. The monoisotopic (exact) mass is 223 g/mol. The topological polar surface area (TPSA) is 61.6 Å². The summed E-state index contributed by atoms with van der Waals surface area (Å²) in [6, 6.07) is 6.55. The Bertz CT molecular complexity index is 357. The van der Waals surface area contributed by atoms with E-state index in [9.17, 15) is 10.1 Å². The Labute approximate surface area is 93.1 Å². The summed E-state index contributed by atoms with van der Waals surface area (Å²) in [5.74, 6) is 0. The molecule has 1 aliphatic rings. The van der Waals surface area contributed by atoms with Gasteiger partial charge in [-0.25, -0.2) is 0 Å². The fourth-order valence-corrected chi connectivity index (χ4v) is 1.67. The molecule has 0 N–H and O–H groups in total. The highest BCUT2D eigenvalue weighted by molar-refractivity contribution is 5.33. The van der Waals surface area contributed by atoms with Crippen LogP contribution in [0.25, 0.3) is 0 Å². The van der Waals surface area contributed by atoms with Crippen molar-refractivity contribution in [3.63, 3.8) is 0 Å². The summed E-state index contributed by atoms with van der Waals surface area (Å²) in [4.78, 5) is 10.1. The van der Waals surface area contributed by atoms with Gasteiger partial charge in [0.1, 0.15) is 0 Å². The number of ether oxygens (including phenoxy) is 2. The van der Waals surface area contributed by atoms with Crippen molar-refractivity contribution in [3.05, 3.63) is 39.9 Å². The molecule has 1 aromatic rings. The van der Waals surface area contributed by atoms with E-state index < -0.39 is 4.92 Å². The predicted octanol–water partition coefficient (Wildman–Crippen LogP) is 1.55. The van der Waals surface area contributed by atoms with Crippen molar-refractivity contribution in [1.29, 1.82) is 0 Å². The van der Waals surface area contributed by atoms with Gasteiger partial charge in [0.25, 0.3) is 5.69 Å². The lowest BCUT2D eigenvalue weighted by atomic mass is 10.1. The Balaban J connectivity index is 1.96. The average Bonchev–Trinajstić information content (AvgIpc) is 2.31. The van der Waals surface area contributed by atoms with Crippen molar-refractivity contribution in [2.75, 3.05) is 19.8 Å². The molecule has 1 aliphatic heterocycles. The van der Waals surface area contributed by atoms with Crippen LogP contribution in [0.5, 0.6) is 0 Å². The minimum absolute atomic E-state index is 0.0650. The smallest absolute Gasteiger partial charge is 0.269 e. The lowest BCUT2D eigenvalue weighted by Crippen LogP contribution is -2.30. The molecular formula is C11H13NO4. The van der Waals surface area contributed by atoms with Crippen molar-refractivity contribution in [1.82, 2.24) is 0 Å². The molecule has 0 saturated carbocycles. The SMILES string of the molecule is O=[N+]([O-])c1ccc(CC2COCCO2)cc1. The van der Waals surface area contributed by atoms with Gasteiger partial charge in [-0.15, -0.1) is 0 Å². The molecule has 1 aromatic carbocycles. The fraction of sp³-hybridized carbons (Fsp3) is 0.455. The zero-order valence-electron chi connectivity index (χ0n) is 8.80. The summed E-state index contributed by atoms with van der Waals surface area (Å²) < 4.78 is 10.8. The molecule has 1 saturated heterocycles. The molecule has 0 radical (unpaired) electrons. The molecule has 1 unspecified atom stereocenters. The first kappa shape index (κ1) is 11.0. The summed E-state index contributed by atoms with van der Waals surface area (Å²) in [7, 11) is 0. The van der Waals surface area contributed by atoms with Crippen LogP contribution < -0.4 is 0 Å². The molecule has 5 heteroatoms. The van der Waals surface area contributed by atoms with E-state index in [4.69, 9.17) is 9.47 Å². The average molecular weight is 223 g/mol. The normalized spacial score (nSPS) is 20.6. The van der Waals surface area contributed by atoms with Gasteiger partial charge in [-0.1, -0.05) is 12.1 Å². The maximum atomic E-state index is 10.5. The fourth-order valence-electron chi connectivity index (χ4n) is 1.67.